The van der Waals surface area contributed by atoms with Gasteiger partial charge in [0.05, 0.1) is 11.8 Å². The molecule has 0 aliphatic heterocycles. The van der Waals surface area contributed by atoms with Crippen LogP contribution in [0.4, 0.5) is 0 Å². The van der Waals surface area contributed by atoms with E-state index in [0.29, 0.717) is 18.8 Å². The highest BCUT2D eigenvalue weighted by molar-refractivity contribution is 5.97. The standard InChI is InChI=1S/C21H22N4O2/c1-16-4-6-17(7-5-16)15-25-18-8-13-27-20(18)14-19(25)21(26)22-9-2-11-24-12-3-10-23-24/h3-8,10,12-14H,2,9,11,15H2,1H3,(H,22,26). The first kappa shape index (κ1) is 17.1. The third-order valence-corrected chi connectivity index (χ3v) is 4.63. The Labute approximate surface area is 157 Å². The second-order valence-corrected chi connectivity index (χ2v) is 6.65. The van der Waals surface area contributed by atoms with Gasteiger partial charge in [0.15, 0.2) is 5.58 Å². The maximum atomic E-state index is 12.7. The van der Waals surface area contributed by atoms with Crippen LogP contribution >= 0.6 is 0 Å². The second kappa shape index (κ2) is 7.53. The monoisotopic (exact) mass is 362 g/mol. The molecule has 138 valence electrons. The highest BCUT2D eigenvalue weighted by atomic mass is 16.3. The quantitative estimate of drug-likeness (QED) is 0.511. The first-order valence-electron chi connectivity index (χ1n) is 9.08. The predicted octanol–water partition coefficient (Wildman–Crippen LogP) is 3.61. The van der Waals surface area contributed by atoms with Gasteiger partial charge in [0.1, 0.15) is 5.69 Å². The van der Waals surface area contributed by atoms with E-state index < -0.39 is 0 Å². The second-order valence-electron chi connectivity index (χ2n) is 6.65. The van der Waals surface area contributed by atoms with Gasteiger partial charge in [-0.25, -0.2) is 0 Å². The highest BCUT2D eigenvalue weighted by Crippen LogP contribution is 2.22. The summed E-state index contributed by atoms with van der Waals surface area (Å²) in [4.78, 5) is 12.7. The van der Waals surface area contributed by atoms with Crippen LogP contribution in [0.25, 0.3) is 11.1 Å². The molecule has 6 nitrogen and oxygen atoms in total. The molecule has 0 bridgehead atoms. The van der Waals surface area contributed by atoms with Crippen molar-refractivity contribution in [2.75, 3.05) is 6.54 Å². The predicted molar refractivity (Wildman–Crippen MR) is 104 cm³/mol. The van der Waals surface area contributed by atoms with Gasteiger partial charge in [0.2, 0.25) is 0 Å². The van der Waals surface area contributed by atoms with Crippen LogP contribution in [0.15, 0.2) is 65.5 Å². The number of carbonyl (C=O) groups excluding carboxylic acids is 1. The number of benzene rings is 1. The van der Waals surface area contributed by atoms with Crippen LogP contribution in [0.2, 0.25) is 0 Å². The molecule has 0 aliphatic rings. The first-order chi connectivity index (χ1) is 13.2. The summed E-state index contributed by atoms with van der Waals surface area (Å²) in [7, 11) is 0. The lowest BCUT2D eigenvalue weighted by atomic mass is 10.1. The average molecular weight is 362 g/mol. The maximum Gasteiger partial charge on any atom is 0.268 e. The third kappa shape index (κ3) is 3.79. The molecule has 1 amide bonds. The average Bonchev–Trinajstić information content (AvgIpc) is 3.39. The Morgan fingerprint density at radius 3 is 2.85 bits per heavy atom. The molecule has 0 saturated heterocycles. The molecule has 4 rings (SSSR count). The molecule has 1 aromatic carbocycles. The number of hydrogen-bond acceptors (Lipinski definition) is 3. The number of rotatable bonds is 7. The zero-order chi connectivity index (χ0) is 18.6. The van der Waals surface area contributed by atoms with Gasteiger partial charge in [0, 0.05) is 44.2 Å². The molecule has 1 N–H and O–H groups in total. The number of amides is 1. The number of nitrogens with zero attached hydrogens (tertiary/aromatic N) is 3. The molecule has 0 atom stereocenters. The van der Waals surface area contributed by atoms with Gasteiger partial charge in [-0.1, -0.05) is 29.8 Å². The van der Waals surface area contributed by atoms with Crippen molar-refractivity contribution in [1.29, 1.82) is 0 Å². The lowest BCUT2D eigenvalue weighted by molar-refractivity contribution is 0.0944. The van der Waals surface area contributed by atoms with Crippen molar-refractivity contribution in [1.82, 2.24) is 19.7 Å². The van der Waals surface area contributed by atoms with Crippen molar-refractivity contribution in [3.8, 4) is 0 Å². The minimum absolute atomic E-state index is 0.0889. The molecule has 3 heterocycles. The van der Waals surface area contributed by atoms with Crippen molar-refractivity contribution in [3.05, 3.63) is 77.9 Å². The van der Waals surface area contributed by atoms with Gasteiger partial charge in [-0.3, -0.25) is 9.48 Å². The van der Waals surface area contributed by atoms with Crippen LogP contribution in [0.1, 0.15) is 28.0 Å². The molecule has 0 aliphatic carbocycles. The van der Waals surface area contributed by atoms with Crippen LogP contribution < -0.4 is 5.32 Å². The SMILES string of the molecule is Cc1ccc(Cn2c(C(=O)NCCCn3cccn3)cc3occc32)cc1. The molecule has 27 heavy (non-hydrogen) atoms. The Bertz CT molecular complexity index is 1030. The minimum atomic E-state index is -0.0889. The molecule has 3 aromatic heterocycles. The lowest BCUT2D eigenvalue weighted by Gasteiger charge is -2.11. The molecule has 0 saturated carbocycles. The highest BCUT2D eigenvalue weighted by Gasteiger charge is 2.17. The maximum absolute atomic E-state index is 12.7. The third-order valence-electron chi connectivity index (χ3n) is 4.63. The summed E-state index contributed by atoms with van der Waals surface area (Å²) in [6.07, 6.45) is 6.15. The Morgan fingerprint density at radius 1 is 1.22 bits per heavy atom. The van der Waals surface area contributed by atoms with Crippen molar-refractivity contribution in [2.24, 2.45) is 0 Å². The smallest absolute Gasteiger partial charge is 0.268 e. The summed E-state index contributed by atoms with van der Waals surface area (Å²) in [6, 6.07) is 14.0. The molecule has 6 heteroatoms. The summed E-state index contributed by atoms with van der Waals surface area (Å²) >= 11 is 0. The summed E-state index contributed by atoms with van der Waals surface area (Å²) in [5.41, 5.74) is 4.63. The molecule has 4 aromatic rings. The lowest BCUT2D eigenvalue weighted by Crippen LogP contribution is -2.27. The molecular formula is C21H22N4O2. The molecule has 0 unspecified atom stereocenters. The van der Waals surface area contributed by atoms with E-state index in [2.05, 4.69) is 41.6 Å². The van der Waals surface area contributed by atoms with Crippen LogP contribution in [-0.2, 0) is 13.1 Å². The van der Waals surface area contributed by atoms with Gasteiger partial charge < -0.3 is 14.3 Å². The van der Waals surface area contributed by atoms with Gasteiger partial charge in [-0.2, -0.15) is 5.10 Å². The first-order valence-corrected chi connectivity index (χ1v) is 9.08. The van der Waals surface area contributed by atoms with Crippen molar-refractivity contribution in [2.45, 2.75) is 26.4 Å². The number of furan rings is 1. The summed E-state index contributed by atoms with van der Waals surface area (Å²) < 4.78 is 9.38. The molecular weight excluding hydrogens is 340 g/mol. The number of aryl methyl sites for hydroxylation is 2. The van der Waals surface area contributed by atoms with Crippen molar-refractivity contribution < 1.29 is 9.21 Å². The Morgan fingerprint density at radius 2 is 2.07 bits per heavy atom. The summed E-state index contributed by atoms with van der Waals surface area (Å²) in [5, 5.41) is 7.17. The van der Waals surface area contributed by atoms with Gasteiger partial charge >= 0.3 is 0 Å². The largest absolute Gasteiger partial charge is 0.463 e. The zero-order valence-electron chi connectivity index (χ0n) is 15.3. The molecule has 0 spiro atoms. The number of aromatic nitrogens is 3. The van der Waals surface area contributed by atoms with Gasteiger partial charge in [-0.05, 0) is 25.0 Å². The number of fused-ring (bicyclic) bond motifs is 1. The van der Waals surface area contributed by atoms with E-state index in [1.165, 1.54) is 5.56 Å². The summed E-state index contributed by atoms with van der Waals surface area (Å²) in [6.45, 7) is 4.06. The van der Waals surface area contributed by atoms with E-state index in [9.17, 15) is 4.79 Å². The Balaban J connectivity index is 1.47. The minimum Gasteiger partial charge on any atom is -0.463 e. The van der Waals surface area contributed by atoms with Crippen molar-refractivity contribution in [3.63, 3.8) is 0 Å². The van der Waals surface area contributed by atoms with Crippen LogP contribution in [-0.4, -0.2) is 26.8 Å². The van der Waals surface area contributed by atoms with Gasteiger partial charge in [-0.15, -0.1) is 0 Å². The van der Waals surface area contributed by atoms with E-state index in [-0.39, 0.29) is 5.91 Å². The van der Waals surface area contributed by atoms with E-state index in [4.69, 9.17) is 4.42 Å². The normalized spacial score (nSPS) is 11.1. The number of nitrogens with one attached hydrogen (secondary N) is 1. The van der Waals surface area contributed by atoms with E-state index in [1.54, 1.807) is 12.5 Å². The topological polar surface area (TPSA) is 65.0 Å². The fourth-order valence-corrected chi connectivity index (χ4v) is 3.18. The van der Waals surface area contributed by atoms with Crippen LogP contribution in [0, 0.1) is 6.92 Å². The number of carbonyl (C=O) groups is 1. The van der Waals surface area contributed by atoms with E-state index in [1.807, 2.05) is 33.6 Å². The van der Waals surface area contributed by atoms with Gasteiger partial charge in [0.25, 0.3) is 5.91 Å². The number of hydrogen-bond donors (Lipinski definition) is 1. The Hall–Kier alpha value is -3.28. The van der Waals surface area contributed by atoms with E-state index in [0.717, 1.165) is 29.6 Å². The van der Waals surface area contributed by atoms with E-state index >= 15 is 0 Å². The Kier molecular flexibility index (Phi) is 4.78. The molecule has 0 fully saturated rings. The van der Waals surface area contributed by atoms with Crippen LogP contribution in [0.5, 0.6) is 0 Å². The summed E-state index contributed by atoms with van der Waals surface area (Å²) in [5.74, 6) is -0.0889. The fraction of sp³-hybridized carbons (Fsp3) is 0.238. The van der Waals surface area contributed by atoms with Crippen LogP contribution in [0.3, 0.4) is 0 Å². The van der Waals surface area contributed by atoms with Crippen molar-refractivity contribution >= 4 is 17.0 Å². The zero-order valence-corrected chi connectivity index (χ0v) is 15.3. The molecule has 0 radical (unpaired) electrons. The fourth-order valence-electron chi connectivity index (χ4n) is 3.18.